The summed E-state index contributed by atoms with van der Waals surface area (Å²) in [6, 6.07) is 10.4. The Balaban J connectivity index is 1.65. The number of anilines is 1. The van der Waals surface area contributed by atoms with Crippen molar-refractivity contribution in [3.8, 4) is 23.0 Å². The smallest absolute Gasteiger partial charge is 0.316 e. The molecular formula is C22H27N5O2. The van der Waals surface area contributed by atoms with Crippen molar-refractivity contribution in [3.05, 3.63) is 54.6 Å². The van der Waals surface area contributed by atoms with Crippen LogP contribution in [0.25, 0.3) is 11.3 Å². The molecule has 1 unspecified atom stereocenters. The van der Waals surface area contributed by atoms with Crippen molar-refractivity contribution in [2.45, 2.75) is 26.7 Å². The van der Waals surface area contributed by atoms with Gasteiger partial charge >= 0.3 is 6.01 Å². The van der Waals surface area contributed by atoms with Gasteiger partial charge < -0.3 is 14.8 Å². The number of hydrogen-bond acceptors (Lipinski definition) is 7. The van der Waals surface area contributed by atoms with Crippen molar-refractivity contribution in [2.24, 2.45) is 5.92 Å². The highest BCUT2D eigenvalue weighted by Gasteiger charge is 2.18. The van der Waals surface area contributed by atoms with Crippen molar-refractivity contribution in [1.29, 1.82) is 0 Å². The lowest BCUT2D eigenvalue weighted by atomic mass is 9.88. The highest BCUT2D eigenvalue weighted by molar-refractivity contribution is 5.60. The Hall–Kier alpha value is -3.22. The number of nitrogens with zero attached hydrogens (tertiary/aromatic N) is 4. The zero-order valence-electron chi connectivity index (χ0n) is 17.3. The number of nitrogens with one attached hydrogen (secondary N) is 1. The molecule has 0 amide bonds. The van der Waals surface area contributed by atoms with Crippen LogP contribution in [-0.4, -0.2) is 40.2 Å². The molecule has 0 saturated heterocycles. The largest absolute Gasteiger partial charge is 0.496 e. The third-order valence-electron chi connectivity index (χ3n) is 4.95. The number of ether oxygens (including phenoxy) is 2. The van der Waals surface area contributed by atoms with Gasteiger partial charge in [-0.25, -0.2) is 19.9 Å². The maximum atomic E-state index is 5.51. The molecule has 0 radical (unpaired) electrons. The molecule has 0 fully saturated rings. The predicted molar refractivity (Wildman–Crippen MR) is 113 cm³/mol. The Morgan fingerprint density at radius 2 is 1.79 bits per heavy atom. The maximum absolute atomic E-state index is 5.51. The molecule has 0 aliphatic rings. The molecule has 1 N–H and O–H groups in total. The van der Waals surface area contributed by atoms with Gasteiger partial charge in [-0.2, -0.15) is 0 Å². The Kier molecular flexibility index (Phi) is 6.94. The van der Waals surface area contributed by atoms with E-state index < -0.39 is 0 Å². The van der Waals surface area contributed by atoms with Gasteiger partial charge in [-0.3, -0.25) is 0 Å². The van der Waals surface area contributed by atoms with Crippen molar-refractivity contribution in [2.75, 3.05) is 25.6 Å². The molecule has 2 heterocycles. The van der Waals surface area contributed by atoms with Gasteiger partial charge in [-0.15, -0.1) is 0 Å². The molecule has 3 rings (SSSR count). The van der Waals surface area contributed by atoms with Crippen LogP contribution >= 0.6 is 0 Å². The lowest BCUT2D eigenvalue weighted by Crippen LogP contribution is -2.18. The second-order valence-electron chi connectivity index (χ2n) is 6.86. The first-order valence-corrected chi connectivity index (χ1v) is 9.76. The van der Waals surface area contributed by atoms with Gasteiger partial charge in [0.05, 0.1) is 19.4 Å². The van der Waals surface area contributed by atoms with E-state index in [1.165, 1.54) is 5.56 Å². The summed E-state index contributed by atoms with van der Waals surface area (Å²) in [6.45, 7) is 7.64. The van der Waals surface area contributed by atoms with E-state index in [0.717, 1.165) is 29.4 Å². The molecule has 2 aromatic heterocycles. The number of para-hydroxylation sites is 1. The van der Waals surface area contributed by atoms with Crippen LogP contribution in [0.2, 0.25) is 0 Å². The lowest BCUT2D eigenvalue weighted by Gasteiger charge is -2.23. The fraction of sp³-hybridized carbons (Fsp3) is 0.364. The summed E-state index contributed by atoms with van der Waals surface area (Å²) >= 11 is 0. The molecule has 7 nitrogen and oxygen atoms in total. The van der Waals surface area contributed by atoms with Gasteiger partial charge in [0.15, 0.2) is 0 Å². The van der Waals surface area contributed by atoms with Crippen LogP contribution in [0.5, 0.6) is 11.8 Å². The Labute approximate surface area is 171 Å². The minimum Gasteiger partial charge on any atom is -0.496 e. The topological polar surface area (TPSA) is 82.0 Å². The first kappa shape index (κ1) is 20.5. The van der Waals surface area contributed by atoms with E-state index in [1.54, 1.807) is 25.8 Å². The third kappa shape index (κ3) is 5.19. The fourth-order valence-electron chi connectivity index (χ4n) is 3.06. The molecule has 0 aliphatic carbocycles. The van der Waals surface area contributed by atoms with Crippen molar-refractivity contribution in [1.82, 2.24) is 19.9 Å². The standard InChI is InChI=1S/C22H27N5O2/c1-5-29-22-24-12-17(13-25-22)19-10-21(27-14-26-19)23-11-15(2)16(3)18-8-6-7-9-20(18)28-4/h6-10,12-16H,5,11H2,1-4H3,(H,23,26,27)/t15-,16?/m1/s1. The van der Waals surface area contributed by atoms with Crippen LogP contribution < -0.4 is 14.8 Å². The molecule has 29 heavy (non-hydrogen) atoms. The summed E-state index contributed by atoms with van der Waals surface area (Å²) in [5, 5.41) is 3.42. The second kappa shape index (κ2) is 9.82. The first-order valence-electron chi connectivity index (χ1n) is 9.76. The van der Waals surface area contributed by atoms with Crippen molar-refractivity contribution < 1.29 is 9.47 Å². The molecule has 0 bridgehead atoms. The maximum Gasteiger partial charge on any atom is 0.316 e. The Morgan fingerprint density at radius 3 is 2.52 bits per heavy atom. The van der Waals surface area contributed by atoms with Crippen LogP contribution in [0, 0.1) is 5.92 Å². The number of benzene rings is 1. The van der Waals surface area contributed by atoms with E-state index >= 15 is 0 Å². The van der Waals surface area contributed by atoms with E-state index in [2.05, 4.69) is 45.2 Å². The molecule has 7 heteroatoms. The molecule has 3 aromatic rings. The predicted octanol–water partition coefficient (Wildman–Crippen LogP) is 4.19. The van der Waals surface area contributed by atoms with E-state index in [0.29, 0.717) is 24.5 Å². The second-order valence-corrected chi connectivity index (χ2v) is 6.86. The SMILES string of the molecule is CCOc1ncc(-c2cc(NC[C@@H](C)C(C)c3ccccc3OC)ncn2)cn1. The summed E-state index contributed by atoms with van der Waals surface area (Å²) < 4.78 is 10.8. The van der Waals surface area contributed by atoms with Gasteiger partial charge in [0.2, 0.25) is 0 Å². The van der Waals surface area contributed by atoms with Gasteiger partial charge in [-0.05, 0) is 30.4 Å². The van der Waals surface area contributed by atoms with Gasteiger partial charge in [-0.1, -0.05) is 32.0 Å². The summed E-state index contributed by atoms with van der Waals surface area (Å²) in [5.74, 6) is 2.40. The average molecular weight is 393 g/mol. The summed E-state index contributed by atoms with van der Waals surface area (Å²) in [6.07, 6.45) is 4.95. The quantitative estimate of drug-likeness (QED) is 0.583. The third-order valence-corrected chi connectivity index (χ3v) is 4.95. The highest BCUT2D eigenvalue weighted by atomic mass is 16.5. The molecule has 152 valence electrons. The van der Waals surface area contributed by atoms with Gasteiger partial charge in [0.1, 0.15) is 17.9 Å². The van der Waals surface area contributed by atoms with Crippen molar-refractivity contribution >= 4 is 5.82 Å². The zero-order valence-corrected chi connectivity index (χ0v) is 17.3. The summed E-state index contributed by atoms with van der Waals surface area (Å²) in [4.78, 5) is 17.1. The summed E-state index contributed by atoms with van der Waals surface area (Å²) in [7, 11) is 1.71. The molecule has 0 aliphatic heterocycles. The molecular weight excluding hydrogens is 366 g/mol. The molecule has 0 spiro atoms. The van der Waals surface area contributed by atoms with E-state index in [-0.39, 0.29) is 0 Å². The van der Waals surface area contributed by atoms with E-state index in [9.17, 15) is 0 Å². The minimum absolute atomic E-state index is 0.333. The Bertz CT molecular complexity index is 917. The lowest BCUT2D eigenvalue weighted by molar-refractivity contribution is 0.312. The molecule has 2 atom stereocenters. The molecule has 0 saturated carbocycles. The number of hydrogen-bond donors (Lipinski definition) is 1. The monoisotopic (exact) mass is 393 g/mol. The highest BCUT2D eigenvalue weighted by Crippen LogP contribution is 2.31. The van der Waals surface area contributed by atoms with E-state index in [1.807, 2.05) is 31.2 Å². The van der Waals surface area contributed by atoms with Crippen LogP contribution in [-0.2, 0) is 0 Å². The Morgan fingerprint density at radius 1 is 1.03 bits per heavy atom. The van der Waals surface area contributed by atoms with Gasteiger partial charge in [0, 0.05) is 30.6 Å². The van der Waals surface area contributed by atoms with Gasteiger partial charge in [0.25, 0.3) is 0 Å². The van der Waals surface area contributed by atoms with E-state index in [4.69, 9.17) is 9.47 Å². The average Bonchev–Trinajstić information content (AvgIpc) is 2.78. The first-order chi connectivity index (χ1) is 14.1. The normalized spacial score (nSPS) is 12.8. The number of methoxy groups -OCH3 is 1. The van der Waals surface area contributed by atoms with Crippen LogP contribution in [0.4, 0.5) is 5.82 Å². The molecule has 1 aromatic carbocycles. The van der Waals surface area contributed by atoms with Crippen molar-refractivity contribution in [3.63, 3.8) is 0 Å². The zero-order chi connectivity index (χ0) is 20.6. The summed E-state index contributed by atoms with van der Waals surface area (Å²) in [5.41, 5.74) is 2.78. The van der Waals surface area contributed by atoms with Crippen LogP contribution in [0.15, 0.2) is 49.1 Å². The number of rotatable bonds is 9. The fourth-order valence-corrected chi connectivity index (χ4v) is 3.06. The minimum atomic E-state index is 0.333. The van der Waals surface area contributed by atoms with Crippen LogP contribution in [0.1, 0.15) is 32.3 Å². The van der Waals surface area contributed by atoms with Crippen LogP contribution in [0.3, 0.4) is 0 Å². The number of aromatic nitrogens is 4.